The topological polar surface area (TPSA) is 41.6 Å². The van der Waals surface area contributed by atoms with E-state index in [-0.39, 0.29) is 17.6 Å². The van der Waals surface area contributed by atoms with E-state index in [4.69, 9.17) is 4.74 Å². The van der Waals surface area contributed by atoms with Crippen molar-refractivity contribution in [1.29, 1.82) is 0 Å². The van der Waals surface area contributed by atoms with Crippen LogP contribution in [0.25, 0.3) is 0 Å². The summed E-state index contributed by atoms with van der Waals surface area (Å²) in [6.07, 6.45) is 2.15. The van der Waals surface area contributed by atoms with E-state index in [0.29, 0.717) is 6.61 Å². The molecule has 1 aliphatic heterocycles. The Morgan fingerprint density at radius 1 is 1.50 bits per heavy atom. The van der Waals surface area contributed by atoms with E-state index in [9.17, 15) is 4.79 Å². The van der Waals surface area contributed by atoms with Crippen LogP contribution < -0.4 is 5.32 Å². The molecule has 0 aromatic heterocycles. The van der Waals surface area contributed by atoms with Crippen LogP contribution in [-0.2, 0) is 9.53 Å². The molecule has 0 aliphatic carbocycles. The summed E-state index contributed by atoms with van der Waals surface area (Å²) in [7, 11) is 2.00. The first kappa shape index (κ1) is 13.5. The zero-order valence-electron chi connectivity index (χ0n) is 10.9. The molecule has 1 rings (SSSR count). The third kappa shape index (κ3) is 3.19. The molecule has 0 saturated carbocycles. The Morgan fingerprint density at radius 2 is 2.06 bits per heavy atom. The summed E-state index contributed by atoms with van der Waals surface area (Å²) in [6, 6.07) is -0.110. The smallest absolute Gasteiger partial charge is 0.323 e. The van der Waals surface area contributed by atoms with Crippen LogP contribution in [0.5, 0.6) is 0 Å². The zero-order valence-corrected chi connectivity index (χ0v) is 10.9. The number of hydrogen-bond acceptors (Lipinski definition) is 4. The lowest BCUT2D eigenvalue weighted by Crippen LogP contribution is -2.53. The number of carbonyl (C=O) groups is 1. The summed E-state index contributed by atoms with van der Waals surface area (Å²) in [5.74, 6) is -0.101. The molecule has 1 N–H and O–H groups in total. The predicted molar refractivity (Wildman–Crippen MR) is 64.4 cm³/mol. The fourth-order valence-corrected chi connectivity index (χ4v) is 2.07. The van der Waals surface area contributed by atoms with Gasteiger partial charge in [0.2, 0.25) is 0 Å². The fourth-order valence-electron chi connectivity index (χ4n) is 2.07. The highest BCUT2D eigenvalue weighted by molar-refractivity contribution is 5.75. The van der Waals surface area contributed by atoms with Crippen molar-refractivity contribution in [3.8, 4) is 0 Å². The Kier molecular flexibility index (Phi) is 4.74. The molecule has 0 amide bonds. The third-order valence-electron chi connectivity index (χ3n) is 3.68. The molecular formula is C12H24N2O2. The lowest BCUT2D eigenvalue weighted by atomic mass is 9.89. The van der Waals surface area contributed by atoms with E-state index in [2.05, 4.69) is 17.1 Å². The number of likely N-dealkylation sites (tertiary alicyclic amines) is 1. The lowest BCUT2D eigenvalue weighted by Gasteiger charge is -2.41. The molecule has 1 unspecified atom stereocenters. The molecule has 0 spiro atoms. The largest absolute Gasteiger partial charge is 0.465 e. The molecule has 1 heterocycles. The molecule has 94 valence electrons. The third-order valence-corrected chi connectivity index (χ3v) is 3.68. The van der Waals surface area contributed by atoms with E-state index >= 15 is 0 Å². The second kappa shape index (κ2) is 5.64. The van der Waals surface area contributed by atoms with Crippen molar-refractivity contribution in [2.45, 2.75) is 45.2 Å². The first-order chi connectivity index (χ1) is 7.52. The van der Waals surface area contributed by atoms with Gasteiger partial charge in [-0.15, -0.1) is 0 Å². The Bertz CT molecular complexity index is 235. The molecule has 0 aromatic rings. The first-order valence-corrected chi connectivity index (χ1v) is 6.12. The average molecular weight is 228 g/mol. The van der Waals surface area contributed by atoms with Crippen LogP contribution in [0.3, 0.4) is 0 Å². The van der Waals surface area contributed by atoms with Crippen LogP contribution >= 0.6 is 0 Å². The van der Waals surface area contributed by atoms with Gasteiger partial charge in [0.15, 0.2) is 0 Å². The quantitative estimate of drug-likeness (QED) is 0.729. The van der Waals surface area contributed by atoms with Gasteiger partial charge >= 0.3 is 5.97 Å². The second-order valence-corrected chi connectivity index (χ2v) is 4.77. The van der Waals surface area contributed by atoms with Crippen molar-refractivity contribution in [2.24, 2.45) is 0 Å². The first-order valence-electron chi connectivity index (χ1n) is 6.12. The summed E-state index contributed by atoms with van der Waals surface area (Å²) >= 11 is 0. The van der Waals surface area contributed by atoms with Crippen molar-refractivity contribution < 1.29 is 9.53 Å². The van der Waals surface area contributed by atoms with Gasteiger partial charge in [0.25, 0.3) is 0 Å². The minimum Gasteiger partial charge on any atom is -0.465 e. The van der Waals surface area contributed by atoms with Crippen molar-refractivity contribution in [1.82, 2.24) is 10.2 Å². The molecular weight excluding hydrogens is 204 g/mol. The van der Waals surface area contributed by atoms with Gasteiger partial charge in [-0.1, -0.05) is 0 Å². The zero-order chi connectivity index (χ0) is 12.2. The molecule has 1 atom stereocenters. The SMILES string of the molecule is CCOC(=O)C(C)N1CCC(C)(NC)CC1. The van der Waals surface area contributed by atoms with Gasteiger partial charge in [0, 0.05) is 18.6 Å². The Hall–Kier alpha value is -0.610. The number of hydrogen-bond donors (Lipinski definition) is 1. The van der Waals surface area contributed by atoms with Crippen molar-refractivity contribution in [3.63, 3.8) is 0 Å². The molecule has 0 radical (unpaired) electrons. The van der Waals surface area contributed by atoms with E-state index in [0.717, 1.165) is 25.9 Å². The highest BCUT2D eigenvalue weighted by atomic mass is 16.5. The minimum atomic E-state index is -0.110. The number of ether oxygens (including phenoxy) is 1. The standard InChI is InChI=1S/C12H24N2O2/c1-5-16-11(15)10(2)14-8-6-12(3,13-4)7-9-14/h10,13H,5-9H2,1-4H3. The lowest BCUT2D eigenvalue weighted by molar-refractivity contribution is -0.149. The van der Waals surface area contributed by atoms with Crippen molar-refractivity contribution in [3.05, 3.63) is 0 Å². The Balaban J connectivity index is 2.44. The summed E-state index contributed by atoms with van der Waals surface area (Å²) in [5, 5.41) is 3.35. The van der Waals surface area contributed by atoms with Crippen LogP contribution in [0.1, 0.15) is 33.6 Å². The molecule has 4 nitrogen and oxygen atoms in total. The predicted octanol–water partition coefficient (Wildman–Crippen LogP) is 1.01. The minimum absolute atomic E-state index is 0.101. The average Bonchev–Trinajstić information content (AvgIpc) is 2.29. The van der Waals surface area contributed by atoms with Gasteiger partial charge in [0.1, 0.15) is 6.04 Å². The van der Waals surface area contributed by atoms with Gasteiger partial charge < -0.3 is 10.1 Å². The molecule has 1 aliphatic rings. The Morgan fingerprint density at radius 3 is 2.50 bits per heavy atom. The van der Waals surface area contributed by atoms with E-state index < -0.39 is 0 Å². The second-order valence-electron chi connectivity index (χ2n) is 4.77. The normalized spacial score (nSPS) is 22.8. The number of nitrogens with zero attached hydrogens (tertiary/aromatic N) is 1. The van der Waals surface area contributed by atoms with E-state index in [1.807, 2.05) is 20.9 Å². The maximum Gasteiger partial charge on any atom is 0.323 e. The number of piperidine rings is 1. The molecule has 0 bridgehead atoms. The maximum absolute atomic E-state index is 11.6. The van der Waals surface area contributed by atoms with Gasteiger partial charge in [-0.05, 0) is 40.7 Å². The van der Waals surface area contributed by atoms with E-state index in [1.54, 1.807) is 0 Å². The van der Waals surface area contributed by atoms with Crippen LogP contribution in [0, 0.1) is 0 Å². The molecule has 1 fully saturated rings. The van der Waals surface area contributed by atoms with Crippen LogP contribution in [-0.4, -0.2) is 49.2 Å². The summed E-state index contributed by atoms with van der Waals surface area (Å²) in [6.45, 7) is 8.39. The van der Waals surface area contributed by atoms with Crippen LogP contribution in [0.15, 0.2) is 0 Å². The van der Waals surface area contributed by atoms with E-state index in [1.165, 1.54) is 0 Å². The molecule has 4 heteroatoms. The van der Waals surface area contributed by atoms with Gasteiger partial charge in [-0.3, -0.25) is 9.69 Å². The van der Waals surface area contributed by atoms with Crippen LogP contribution in [0.4, 0.5) is 0 Å². The molecule has 16 heavy (non-hydrogen) atoms. The number of carbonyl (C=O) groups excluding carboxylic acids is 1. The summed E-state index contributed by atoms with van der Waals surface area (Å²) in [5.41, 5.74) is 0.227. The number of nitrogens with one attached hydrogen (secondary N) is 1. The highest BCUT2D eigenvalue weighted by Gasteiger charge is 2.32. The molecule has 0 aromatic carbocycles. The number of rotatable bonds is 4. The van der Waals surface area contributed by atoms with Gasteiger partial charge in [-0.2, -0.15) is 0 Å². The summed E-state index contributed by atoms with van der Waals surface area (Å²) in [4.78, 5) is 13.8. The highest BCUT2D eigenvalue weighted by Crippen LogP contribution is 2.22. The van der Waals surface area contributed by atoms with Crippen molar-refractivity contribution in [2.75, 3.05) is 26.7 Å². The number of esters is 1. The van der Waals surface area contributed by atoms with Crippen molar-refractivity contribution >= 4 is 5.97 Å². The van der Waals surface area contributed by atoms with Crippen LogP contribution in [0.2, 0.25) is 0 Å². The fraction of sp³-hybridized carbons (Fsp3) is 0.917. The van der Waals surface area contributed by atoms with Gasteiger partial charge in [-0.25, -0.2) is 0 Å². The van der Waals surface area contributed by atoms with Gasteiger partial charge in [0.05, 0.1) is 6.61 Å². The maximum atomic E-state index is 11.6. The summed E-state index contributed by atoms with van der Waals surface area (Å²) < 4.78 is 5.04. The monoisotopic (exact) mass is 228 g/mol. The Labute approximate surface area is 98.3 Å². The molecule has 1 saturated heterocycles.